The molecule has 1 N–H and O–H groups in total. The molecule has 0 aliphatic carbocycles. The highest BCUT2D eigenvalue weighted by atomic mass is 32.1. The first-order chi connectivity index (χ1) is 16.1. The van der Waals surface area contributed by atoms with Gasteiger partial charge in [0.05, 0.1) is 6.61 Å². The van der Waals surface area contributed by atoms with Crippen LogP contribution in [-0.4, -0.2) is 36.4 Å². The summed E-state index contributed by atoms with van der Waals surface area (Å²) in [6.45, 7) is 1.47. The van der Waals surface area contributed by atoms with E-state index in [2.05, 4.69) is 72.0 Å². The van der Waals surface area contributed by atoms with E-state index in [-0.39, 0.29) is 42.2 Å². The van der Waals surface area contributed by atoms with Crippen molar-refractivity contribution in [2.45, 2.75) is 77.2 Å². The summed E-state index contributed by atoms with van der Waals surface area (Å²) >= 11 is 0. The summed E-state index contributed by atoms with van der Waals surface area (Å²) in [5.41, 5.74) is 0. The lowest BCUT2D eigenvalue weighted by atomic mass is 10.1. The molecular formula is C28H54O5S. The number of ether oxygens (including phenoxy) is 2. The molecular weight excluding hydrogens is 448 g/mol. The molecule has 0 radical (unpaired) electrons. The molecule has 1 atom stereocenters. The van der Waals surface area contributed by atoms with Crippen LogP contribution in [0, 0.1) is 71.5 Å². The SMILES string of the molecule is C#CC#CC#CC#CC#CC#CC(=O)OC[C@H](CO)OC(=O)CCCCCCCCCCC.S.[HH].[HH].[HH].[HH].[HH].[HH].[HH].[HH].[HH].[HH].[HH]. The van der Waals surface area contributed by atoms with Crippen LogP contribution in [0.1, 0.15) is 86.8 Å². The number of carbonyl (C=O) groups excluding carboxylic acids is 2. The van der Waals surface area contributed by atoms with Gasteiger partial charge in [0, 0.05) is 28.0 Å². The molecule has 0 unspecified atom stereocenters. The molecule has 0 rings (SSSR count). The number of hydrogen-bond donors (Lipinski definition) is 1. The molecule has 34 heavy (non-hydrogen) atoms. The number of rotatable bonds is 14. The normalized spacial score (nSPS) is 8.97. The van der Waals surface area contributed by atoms with Crippen LogP contribution in [0.2, 0.25) is 0 Å². The minimum absolute atomic E-state index is 0. The summed E-state index contributed by atoms with van der Waals surface area (Å²) in [5, 5.41) is 9.31. The molecule has 0 fully saturated rings. The lowest BCUT2D eigenvalue weighted by molar-refractivity contribution is -0.159. The quantitative estimate of drug-likeness (QED) is 0.140. The predicted octanol–water partition coefficient (Wildman–Crippen LogP) is 5.82. The Morgan fingerprint density at radius 3 is 1.85 bits per heavy atom. The maximum atomic E-state index is 11.9. The molecule has 0 saturated heterocycles. The maximum Gasteiger partial charge on any atom is 0.385 e. The van der Waals surface area contributed by atoms with Crippen molar-refractivity contribution in [1.82, 2.24) is 0 Å². The first-order valence-electron chi connectivity index (χ1n) is 11.1. The van der Waals surface area contributed by atoms with Crippen LogP contribution in [0.3, 0.4) is 0 Å². The van der Waals surface area contributed by atoms with Crippen molar-refractivity contribution < 1.29 is 39.9 Å². The highest BCUT2D eigenvalue weighted by molar-refractivity contribution is 7.59. The number of aliphatic hydroxyl groups excluding tert-OH is 1. The predicted molar refractivity (Wildman–Crippen MR) is 161 cm³/mol. The zero-order valence-corrected chi connectivity index (χ0v) is 20.7. The van der Waals surface area contributed by atoms with E-state index >= 15 is 0 Å². The van der Waals surface area contributed by atoms with Gasteiger partial charge in [0.15, 0.2) is 6.10 Å². The lowest BCUT2D eigenvalue weighted by Gasteiger charge is -2.14. The fourth-order valence-electron chi connectivity index (χ4n) is 2.49. The van der Waals surface area contributed by atoms with E-state index in [4.69, 9.17) is 15.9 Å². The Morgan fingerprint density at radius 1 is 0.824 bits per heavy atom. The summed E-state index contributed by atoms with van der Waals surface area (Å²) in [7, 11) is 0. The van der Waals surface area contributed by atoms with Gasteiger partial charge in [-0.25, -0.2) is 4.79 Å². The van der Waals surface area contributed by atoms with Crippen LogP contribution in [0.4, 0.5) is 0 Å². The first-order valence-corrected chi connectivity index (χ1v) is 11.1. The number of hydrogen-bond acceptors (Lipinski definition) is 5. The van der Waals surface area contributed by atoms with E-state index in [9.17, 15) is 14.7 Å². The van der Waals surface area contributed by atoms with Crippen molar-refractivity contribution in [1.29, 1.82) is 0 Å². The average Bonchev–Trinajstić information content (AvgIpc) is 2.81. The van der Waals surface area contributed by atoms with Crippen LogP contribution < -0.4 is 0 Å². The summed E-state index contributed by atoms with van der Waals surface area (Å²) < 4.78 is 10.0. The fourth-order valence-corrected chi connectivity index (χ4v) is 2.49. The third kappa shape index (κ3) is 23.3. The van der Waals surface area contributed by atoms with Crippen molar-refractivity contribution in [2.75, 3.05) is 13.2 Å². The van der Waals surface area contributed by atoms with Gasteiger partial charge in [0.1, 0.15) is 6.61 Å². The summed E-state index contributed by atoms with van der Waals surface area (Å²) in [5.74, 6) is 24.3. The molecule has 0 aromatic heterocycles. The molecule has 0 aliphatic heterocycles. The van der Waals surface area contributed by atoms with Crippen molar-refractivity contribution in [2.24, 2.45) is 0 Å². The lowest BCUT2D eigenvalue weighted by Crippen LogP contribution is -2.28. The highest BCUT2D eigenvalue weighted by Gasteiger charge is 2.15. The molecule has 0 heterocycles. The van der Waals surface area contributed by atoms with Gasteiger partial charge >= 0.3 is 11.9 Å². The number of terminal acetylenes is 1. The summed E-state index contributed by atoms with van der Waals surface area (Å²) in [6, 6.07) is 0. The third-order valence-electron chi connectivity index (χ3n) is 4.12. The zero-order chi connectivity index (χ0) is 24.4. The Balaban J connectivity index is -0.0000000776. The van der Waals surface area contributed by atoms with Crippen molar-refractivity contribution in [3.05, 3.63) is 0 Å². The number of esters is 2. The van der Waals surface area contributed by atoms with Gasteiger partial charge in [0.2, 0.25) is 0 Å². The van der Waals surface area contributed by atoms with Crippen LogP contribution in [-0.2, 0) is 19.1 Å². The van der Waals surface area contributed by atoms with E-state index in [1.165, 1.54) is 38.5 Å². The van der Waals surface area contributed by atoms with Crippen molar-refractivity contribution >= 4 is 25.4 Å². The molecule has 0 aromatic carbocycles. The number of carbonyl (C=O) groups is 2. The molecule has 5 nitrogen and oxygen atoms in total. The number of aliphatic hydroxyl groups is 1. The van der Waals surface area contributed by atoms with E-state index in [0.717, 1.165) is 19.3 Å². The second-order valence-electron chi connectivity index (χ2n) is 6.87. The molecule has 0 aliphatic rings. The van der Waals surface area contributed by atoms with Gasteiger partial charge in [-0.3, -0.25) is 4.79 Å². The Bertz CT molecular complexity index is 986. The third-order valence-corrected chi connectivity index (χ3v) is 4.12. The fraction of sp³-hybridized carbons (Fsp3) is 0.500. The van der Waals surface area contributed by atoms with Crippen LogP contribution >= 0.6 is 13.5 Å². The van der Waals surface area contributed by atoms with E-state index < -0.39 is 24.6 Å². The smallest absolute Gasteiger partial charge is 0.385 e. The summed E-state index contributed by atoms with van der Waals surface area (Å²) in [6.07, 6.45) is 14.6. The minimum Gasteiger partial charge on any atom is -0.456 e. The van der Waals surface area contributed by atoms with E-state index in [0.29, 0.717) is 0 Å². The maximum absolute atomic E-state index is 11.9. The summed E-state index contributed by atoms with van der Waals surface area (Å²) in [4.78, 5) is 23.4. The van der Waals surface area contributed by atoms with Gasteiger partial charge in [-0.1, -0.05) is 58.3 Å². The van der Waals surface area contributed by atoms with Gasteiger partial charge in [0.25, 0.3) is 0 Å². The number of unbranched alkanes of at least 4 members (excludes halogenated alkanes) is 8. The molecule has 0 amide bonds. The topological polar surface area (TPSA) is 72.8 Å². The average molecular weight is 503 g/mol. The molecule has 6 heteroatoms. The standard InChI is InChI=1S/C28H30O5.H2S.11H2/c1-3-5-7-9-11-13-15-16-18-20-22-27(30)32-25-26(24-29)33-28(31)23-21-19-17-14-12-10-8-6-4-2;;;;;;;;;;;;/h1,26,29H,4,6,8,10,12,14,17,19,21,23-25H2,2H3;1H2;11*1H/t26-;;;;;;;;;;;;/m0............/s1. The Kier molecular flexibility index (Phi) is 24.9. The second kappa shape index (κ2) is 25.9. The van der Waals surface area contributed by atoms with Gasteiger partial charge in [-0.15, -0.1) is 6.42 Å². The first kappa shape index (κ1) is 32.8. The van der Waals surface area contributed by atoms with Crippen molar-refractivity contribution in [3.8, 4) is 71.5 Å². The van der Waals surface area contributed by atoms with Gasteiger partial charge < -0.3 is 14.6 Å². The Hall–Kier alpha value is -3.39. The van der Waals surface area contributed by atoms with Gasteiger partial charge in [-0.05, 0) is 65.6 Å². The molecule has 202 valence electrons. The molecule has 0 saturated carbocycles. The highest BCUT2D eigenvalue weighted by Crippen LogP contribution is 2.11. The zero-order valence-electron chi connectivity index (χ0n) is 19.7. The van der Waals surface area contributed by atoms with Crippen LogP contribution in [0.5, 0.6) is 0 Å². The minimum atomic E-state index is -0.921. The molecule has 0 bridgehead atoms. The largest absolute Gasteiger partial charge is 0.456 e. The molecule has 0 aromatic rings. The monoisotopic (exact) mass is 502 g/mol. The Labute approximate surface area is 227 Å². The second-order valence-corrected chi connectivity index (χ2v) is 6.87. The molecule has 0 spiro atoms. The van der Waals surface area contributed by atoms with Gasteiger partial charge in [-0.2, -0.15) is 13.5 Å². The van der Waals surface area contributed by atoms with E-state index in [1.807, 2.05) is 0 Å². The van der Waals surface area contributed by atoms with Crippen LogP contribution in [0.15, 0.2) is 0 Å². The van der Waals surface area contributed by atoms with Crippen molar-refractivity contribution in [3.63, 3.8) is 0 Å². The van der Waals surface area contributed by atoms with E-state index in [1.54, 1.807) is 0 Å². The Morgan fingerprint density at radius 2 is 1.32 bits per heavy atom. The van der Waals surface area contributed by atoms with Crippen LogP contribution in [0.25, 0.3) is 0 Å².